The lowest BCUT2D eigenvalue weighted by Crippen LogP contribution is -2.50. The van der Waals surface area contributed by atoms with Crippen molar-refractivity contribution in [3.8, 4) is 0 Å². The summed E-state index contributed by atoms with van der Waals surface area (Å²) in [7, 11) is -3.12. The highest BCUT2D eigenvalue weighted by atomic mass is 32.2. The van der Waals surface area contributed by atoms with E-state index in [0.717, 1.165) is 24.8 Å². The van der Waals surface area contributed by atoms with Crippen molar-refractivity contribution < 1.29 is 13.2 Å². The summed E-state index contributed by atoms with van der Waals surface area (Å²) in [5.74, 6) is -0.216. The Kier molecular flexibility index (Phi) is 4.45. The van der Waals surface area contributed by atoms with Gasteiger partial charge in [-0.3, -0.25) is 4.79 Å². The molecule has 3 rings (SSSR count). The molecule has 126 valence electrons. The van der Waals surface area contributed by atoms with Crippen molar-refractivity contribution in [3.05, 3.63) is 71.3 Å². The molecule has 0 atom stereocenters. The van der Waals surface area contributed by atoms with Crippen LogP contribution in [0.4, 0.5) is 0 Å². The van der Waals surface area contributed by atoms with Crippen LogP contribution in [0.5, 0.6) is 0 Å². The molecule has 1 amide bonds. The zero-order chi connectivity index (χ0) is 17.2. The SMILES string of the molecule is CS(=O)(=O)Cc1cccc(C(=O)NC2(c3ccccc3)CCC2)c1. The molecule has 0 unspecified atom stereocenters. The number of sulfone groups is 1. The summed E-state index contributed by atoms with van der Waals surface area (Å²) < 4.78 is 22.9. The van der Waals surface area contributed by atoms with Gasteiger partial charge in [-0.1, -0.05) is 42.5 Å². The number of nitrogens with one attached hydrogen (secondary N) is 1. The smallest absolute Gasteiger partial charge is 0.251 e. The van der Waals surface area contributed by atoms with E-state index >= 15 is 0 Å². The van der Waals surface area contributed by atoms with Crippen LogP contribution in [0.3, 0.4) is 0 Å². The Hall–Kier alpha value is -2.14. The van der Waals surface area contributed by atoms with Gasteiger partial charge in [-0.15, -0.1) is 0 Å². The maximum atomic E-state index is 12.7. The molecule has 0 bridgehead atoms. The highest BCUT2D eigenvalue weighted by Gasteiger charge is 2.40. The number of amides is 1. The largest absolute Gasteiger partial charge is 0.343 e. The molecule has 1 fully saturated rings. The highest BCUT2D eigenvalue weighted by molar-refractivity contribution is 7.89. The van der Waals surface area contributed by atoms with Crippen LogP contribution < -0.4 is 5.32 Å². The van der Waals surface area contributed by atoms with Crippen LogP contribution in [-0.4, -0.2) is 20.6 Å². The number of rotatable bonds is 5. The molecule has 0 spiro atoms. The fraction of sp³-hybridized carbons (Fsp3) is 0.316. The van der Waals surface area contributed by atoms with Crippen LogP contribution in [0, 0.1) is 0 Å². The first-order valence-electron chi connectivity index (χ1n) is 8.03. The van der Waals surface area contributed by atoms with Crippen molar-refractivity contribution >= 4 is 15.7 Å². The molecule has 0 aliphatic heterocycles. The Balaban J connectivity index is 1.81. The average Bonchev–Trinajstić information content (AvgIpc) is 2.50. The normalized spacial score (nSPS) is 16.2. The van der Waals surface area contributed by atoms with Crippen LogP contribution in [0.25, 0.3) is 0 Å². The molecular weight excluding hydrogens is 322 g/mol. The quantitative estimate of drug-likeness (QED) is 0.907. The van der Waals surface area contributed by atoms with Gasteiger partial charge in [0.05, 0.1) is 11.3 Å². The van der Waals surface area contributed by atoms with Crippen LogP contribution in [0.2, 0.25) is 0 Å². The topological polar surface area (TPSA) is 63.2 Å². The standard InChI is InChI=1S/C19H21NO3S/c1-24(22,23)14-15-7-5-8-16(13-15)18(21)20-19(11-6-12-19)17-9-3-2-4-10-17/h2-5,7-10,13H,6,11-12,14H2,1H3,(H,20,21). The maximum Gasteiger partial charge on any atom is 0.251 e. The third kappa shape index (κ3) is 3.67. The fourth-order valence-electron chi connectivity index (χ4n) is 3.17. The molecule has 2 aromatic carbocycles. The third-order valence-corrected chi connectivity index (χ3v) is 5.36. The second-order valence-electron chi connectivity index (χ2n) is 6.53. The van der Waals surface area contributed by atoms with E-state index < -0.39 is 9.84 Å². The Morgan fingerprint density at radius 3 is 2.38 bits per heavy atom. The van der Waals surface area contributed by atoms with Crippen LogP contribution in [-0.2, 0) is 21.1 Å². The highest BCUT2D eigenvalue weighted by Crippen LogP contribution is 2.41. The summed E-state index contributed by atoms with van der Waals surface area (Å²) in [5, 5.41) is 3.16. The van der Waals surface area contributed by atoms with E-state index in [2.05, 4.69) is 5.32 Å². The molecule has 0 radical (unpaired) electrons. The molecular formula is C19H21NO3S. The predicted molar refractivity (Wildman–Crippen MR) is 94.4 cm³/mol. The molecule has 2 aromatic rings. The fourth-order valence-corrected chi connectivity index (χ4v) is 3.95. The van der Waals surface area contributed by atoms with Crippen molar-refractivity contribution in [2.24, 2.45) is 0 Å². The molecule has 5 heteroatoms. The van der Waals surface area contributed by atoms with E-state index in [4.69, 9.17) is 0 Å². The van der Waals surface area contributed by atoms with E-state index in [1.165, 1.54) is 6.26 Å². The minimum absolute atomic E-state index is 0.0576. The lowest BCUT2D eigenvalue weighted by atomic mass is 9.71. The predicted octanol–water partition coefficient (Wildman–Crippen LogP) is 3.04. The number of hydrogen-bond acceptors (Lipinski definition) is 3. The van der Waals surface area contributed by atoms with Gasteiger partial charge < -0.3 is 5.32 Å². The number of carbonyl (C=O) groups is 1. The van der Waals surface area contributed by atoms with Crippen molar-refractivity contribution in [2.45, 2.75) is 30.6 Å². The maximum absolute atomic E-state index is 12.7. The first-order valence-corrected chi connectivity index (χ1v) is 10.1. The van der Waals surface area contributed by atoms with Gasteiger partial charge >= 0.3 is 0 Å². The zero-order valence-electron chi connectivity index (χ0n) is 13.7. The monoisotopic (exact) mass is 343 g/mol. The summed E-state index contributed by atoms with van der Waals surface area (Å²) in [5.41, 5.74) is 1.95. The molecule has 4 nitrogen and oxygen atoms in total. The van der Waals surface area contributed by atoms with Crippen molar-refractivity contribution in [1.82, 2.24) is 5.32 Å². The summed E-state index contributed by atoms with van der Waals surface area (Å²) in [6.07, 6.45) is 4.12. The third-order valence-electron chi connectivity index (χ3n) is 4.50. The number of hydrogen-bond donors (Lipinski definition) is 1. The number of benzene rings is 2. The van der Waals surface area contributed by atoms with Gasteiger partial charge in [0.1, 0.15) is 0 Å². The molecule has 1 aliphatic carbocycles. The van der Waals surface area contributed by atoms with Crippen LogP contribution >= 0.6 is 0 Å². The van der Waals surface area contributed by atoms with Crippen molar-refractivity contribution in [3.63, 3.8) is 0 Å². The van der Waals surface area contributed by atoms with Gasteiger partial charge in [-0.25, -0.2) is 8.42 Å². The van der Waals surface area contributed by atoms with Crippen LogP contribution in [0.15, 0.2) is 54.6 Å². The van der Waals surface area contributed by atoms with E-state index in [1.54, 1.807) is 24.3 Å². The van der Waals surface area contributed by atoms with E-state index in [-0.39, 0.29) is 17.2 Å². The molecule has 1 aliphatic rings. The van der Waals surface area contributed by atoms with Crippen LogP contribution in [0.1, 0.15) is 40.7 Å². The van der Waals surface area contributed by atoms with Crippen molar-refractivity contribution in [2.75, 3.05) is 6.26 Å². The summed E-state index contributed by atoms with van der Waals surface area (Å²) >= 11 is 0. The van der Waals surface area contributed by atoms with Gasteiger partial charge in [-0.05, 0) is 42.5 Å². The van der Waals surface area contributed by atoms with E-state index in [9.17, 15) is 13.2 Å². The minimum atomic E-state index is -3.12. The Morgan fingerprint density at radius 2 is 1.79 bits per heavy atom. The summed E-state index contributed by atoms with van der Waals surface area (Å²) in [6.45, 7) is 0. The van der Waals surface area contributed by atoms with E-state index in [0.29, 0.717) is 11.1 Å². The Labute approximate surface area is 142 Å². The summed E-state index contributed by atoms with van der Waals surface area (Å²) in [4.78, 5) is 12.7. The molecule has 1 N–H and O–H groups in total. The summed E-state index contributed by atoms with van der Waals surface area (Å²) in [6, 6.07) is 16.8. The minimum Gasteiger partial charge on any atom is -0.343 e. The van der Waals surface area contributed by atoms with Gasteiger partial charge in [0.15, 0.2) is 9.84 Å². The lowest BCUT2D eigenvalue weighted by Gasteiger charge is -2.43. The zero-order valence-corrected chi connectivity index (χ0v) is 14.5. The van der Waals surface area contributed by atoms with Crippen molar-refractivity contribution in [1.29, 1.82) is 0 Å². The van der Waals surface area contributed by atoms with E-state index in [1.807, 2.05) is 30.3 Å². The molecule has 1 saturated carbocycles. The van der Waals surface area contributed by atoms with Gasteiger partial charge in [0.25, 0.3) is 5.91 Å². The van der Waals surface area contributed by atoms with Gasteiger partial charge in [0, 0.05) is 11.8 Å². The lowest BCUT2D eigenvalue weighted by molar-refractivity contribution is 0.0823. The Morgan fingerprint density at radius 1 is 1.08 bits per heavy atom. The first-order chi connectivity index (χ1) is 11.4. The second kappa shape index (κ2) is 6.40. The number of carbonyl (C=O) groups excluding carboxylic acids is 1. The second-order valence-corrected chi connectivity index (χ2v) is 8.67. The molecule has 24 heavy (non-hydrogen) atoms. The Bertz CT molecular complexity index is 840. The van der Waals surface area contributed by atoms with Gasteiger partial charge in [0.2, 0.25) is 0 Å². The molecule has 0 heterocycles. The van der Waals surface area contributed by atoms with Gasteiger partial charge in [-0.2, -0.15) is 0 Å². The average molecular weight is 343 g/mol. The molecule has 0 aromatic heterocycles. The first kappa shape index (κ1) is 16.7. The molecule has 0 saturated heterocycles.